The van der Waals surface area contributed by atoms with E-state index in [9.17, 15) is 0 Å². The van der Waals surface area contributed by atoms with E-state index < -0.39 is 0 Å². The minimum absolute atomic E-state index is 0.682. The largest absolute Gasteiger partial charge is 0.456 e. The van der Waals surface area contributed by atoms with E-state index in [4.69, 9.17) is 14.4 Å². The average molecular weight is 803 g/mol. The van der Waals surface area contributed by atoms with Crippen LogP contribution in [-0.4, -0.2) is 19.1 Å². The lowest BCUT2D eigenvalue weighted by Gasteiger charge is -2.14. The first-order valence-corrected chi connectivity index (χ1v) is 21.4. The minimum atomic E-state index is 0.682. The fraction of sp³-hybridized carbons (Fsp3) is 0. The number of nitrogens with zero attached hydrogens (tertiary/aromatic N) is 4. The molecule has 0 aliphatic heterocycles. The van der Waals surface area contributed by atoms with Crippen molar-refractivity contribution in [2.24, 2.45) is 0 Å². The first-order valence-electron chi connectivity index (χ1n) is 21.4. The van der Waals surface area contributed by atoms with Crippen molar-refractivity contribution >= 4 is 98.0 Å². The first kappa shape index (κ1) is 34.2. The second kappa shape index (κ2) is 13.0. The minimum Gasteiger partial charge on any atom is -0.456 e. The summed E-state index contributed by atoms with van der Waals surface area (Å²) in [4.78, 5) is 10.4. The summed E-state index contributed by atoms with van der Waals surface area (Å²) in [5, 5.41) is 13.0. The summed E-state index contributed by atoms with van der Waals surface area (Å²) < 4.78 is 11.0. The number of hydrogen-bond acceptors (Lipinski definition) is 3. The molecule has 0 aliphatic rings. The molecular weight excluding hydrogens is 769 g/mol. The number of furan rings is 1. The Balaban J connectivity index is 0.956. The Morgan fingerprint density at radius 2 is 1.02 bits per heavy atom. The molecule has 4 aromatic heterocycles. The Morgan fingerprint density at radius 3 is 1.87 bits per heavy atom. The maximum absolute atomic E-state index is 6.15. The molecule has 0 saturated carbocycles. The Morgan fingerprint density at radius 1 is 0.349 bits per heavy atom. The van der Waals surface area contributed by atoms with Crippen molar-refractivity contribution < 1.29 is 4.42 Å². The number of benzene rings is 10. The zero-order chi connectivity index (χ0) is 41.2. The molecule has 14 rings (SSSR count). The fourth-order valence-corrected chi connectivity index (χ4v) is 10.2. The van der Waals surface area contributed by atoms with Gasteiger partial charge in [-0.1, -0.05) is 133 Å². The Hall–Kier alpha value is -8.54. The molecule has 0 bridgehead atoms. The van der Waals surface area contributed by atoms with Crippen molar-refractivity contribution in [3.63, 3.8) is 0 Å². The molecule has 292 valence electrons. The number of aromatic nitrogens is 4. The monoisotopic (exact) mass is 802 g/mol. The summed E-state index contributed by atoms with van der Waals surface area (Å²) >= 11 is 0. The summed E-state index contributed by atoms with van der Waals surface area (Å²) in [7, 11) is 0. The molecule has 63 heavy (non-hydrogen) atoms. The third-order valence-electron chi connectivity index (χ3n) is 13.1. The van der Waals surface area contributed by atoms with Gasteiger partial charge in [0.25, 0.3) is 0 Å². The van der Waals surface area contributed by atoms with Gasteiger partial charge in [0.2, 0.25) is 0 Å². The third-order valence-corrected chi connectivity index (χ3v) is 13.1. The molecule has 5 nitrogen and oxygen atoms in total. The molecule has 0 N–H and O–H groups in total. The maximum Gasteiger partial charge on any atom is 0.160 e. The smallest absolute Gasteiger partial charge is 0.160 e. The second-order valence-electron chi connectivity index (χ2n) is 16.5. The number of para-hydroxylation sites is 4. The number of hydrogen-bond donors (Lipinski definition) is 0. The summed E-state index contributed by atoms with van der Waals surface area (Å²) in [6.45, 7) is 0. The van der Waals surface area contributed by atoms with Crippen LogP contribution in [0.5, 0.6) is 0 Å². The summed E-state index contributed by atoms with van der Waals surface area (Å²) in [6, 6.07) is 73.9. The topological polar surface area (TPSA) is 48.8 Å². The van der Waals surface area contributed by atoms with Gasteiger partial charge in [-0.25, -0.2) is 9.97 Å². The molecule has 14 aromatic rings. The zero-order valence-corrected chi connectivity index (χ0v) is 33.8. The Labute approximate surface area is 360 Å². The van der Waals surface area contributed by atoms with Gasteiger partial charge in [-0.2, -0.15) is 0 Å². The van der Waals surface area contributed by atoms with Gasteiger partial charge in [-0.05, 0) is 83.6 Å². The predicted octanol–water partition coefficient (Wildman–Crippen LogP) is 15.4. The van der Waals surface area contributed by atoms with E-state index in [1.54, 1.807) is 0 Å². The molecule has 4 heterocycles. The van der Waals surface area contributed by atoms with Crippen molar-refractivity contribution in [2.45, 2.75) is 0 Å². The summed E-state index contributed by atoms with van der Waals surface area (Å²) in [6.07, 6.45) is 0. The highest BCUT2D eigenvalue weighted by atomic mass is 16.3. The number of rotatable bonds is 4. The highest BCUT2D eigenvalue weighted by Gasteiger charge is 2.20. The number of fused-ring (bicyclic) bond motifs is 13. The molecule has 0 fully saturated rings. The van der Waals surface area contributed by atoms with Crippen LogP contribution < -0.4 is 0 Å². The van der Waals surface area contributed by atoms with Gasteiger partial charge in [0.05, 0.1) is 39.0 Å². The zero-order valence-electron chi connectivity index (χ0n) is 33.8. The van der Waals surface area contributed by atoms with Gasteiger partial charge in [-0.3, -0.25) is 0 Å². The molecule has 0 radical (unpaired) electrons. The standard InChI is InChI=1S/C58H34N4O/c1-2-14-40-35(12-1)26-30-44-41-15-4-9-21-51(41)62(57(40)44)52-22-11-13-37-32-47-42-16-5-8-20-50(42)61(53(47)34-46(37)52)39-28-24-36(25-29-39)56-45-18-3-7-19-49(45)59-58(60-56)38-27-31-55-48(33-38)43-17-6-10-23-54(43)63-55/h1-34H. The molecule has 0 atom stereocenters. The van der Waals surface area contributed by atoms with Crippen molar-refractivity contribution in [3.8, 4) is 34.0 Å². The van der Waals surface area contributed by atoms with E-state index in [1.165, 1.54) is 54.1 Å². The van der Waals surface area contributed by atoms with Crippen molar-refractivity contribution in [1.29, 1.82) is 0 Å². The van der Waals surface area contributed by atoms with E-state index in [-0.39, 0.29) is 0 Å². The van der Waals surface area contributed by atoms with Crippen molar-refractivity contribution in [2.75, 3.05) is 0 Å². The lowest BCUT2D eigenvalue weighted by Crippen LogP contribution is -1.98. The van der Waals surface area contributed by atoms with Crippen molar-refractivity contribution in [1.82, 2.24) is 19.1 Å². The van der Waals surface area contributed by atoms with Gasteiger partial charge in [0.15, 0.2) is 5.82 Å². The van der Waals surface area contributed by atoms with Crippen LogP contribution in [-0.2, 0) is 0 Å². The summed E-state index contributed by atoms with van der Waals surface area (Å²) in [5.41, 5.74) is 12.5. The summed E-state index contributed by atoms with van der Waals surface area (Å²) in [5.74, 6) is 0.682. The van der Waals surface area contributed by atoms with Crippen LogP contribution in [0, 0.1) is 0 Å². The first-order chi connectivity index (χ1) is 31.2. The lowest BCUT2D eigenvalue weighted by atomic mass is 10.0. The van der Waals surface area contributed by atoms with Gasteiger partial charge in [-0.15, -0.1) is 0 Å². The van der Waals surface area contributed by atoms with Crippen LogP contribution in [0.1, 0.15) is 0 Å². The maximum atomic E-state index is 6.15. The van der Waals surface area contributed by atoms with Crippen LogP contribution >= 0.6 is 0 Å². The fourth-order valence-electron chi connectivity index (χ4n) is 10.2. The van der Waals surface area contributed by atoms with E-state index in [1.807, 2.05) is 30.3 Å². The SMILES string of the molecule is c1cc(-n2c3ccccc3c3ccc4ccccc4c32)c2cc3c(cc2c1)c1ccccc1n3-c1ccc(-c2nc(-c3ccc4oc5ccccc5c4c3)nc3ccccc23)cc1. The average Bonchev–Trinajstić information content (AvgIpc) is 4.00. The Bertz CT molecular complexity index is 4210. The second-order valence-corrected chi connectivity index (χ2v) is 16.5. The highest BCUT2D eigenvalue weighted by Crippen LogP contribution is 2.42. The quantitative estimate of drug-likeness (QED) is 0.178. The molecule has 0 unspecified atom stereocenters. The third kappa shape index (κ3) is 4.99. The normalized spacial score (nSPS) is 12.1. The molecule has 0 amide bonds. The van der Waals surface area contributed by atoms with Gasteiger partial charge in [0, 0.05) is 65.3 Å². The van der Waals surface area contributed by atoms with Crippen LogP contribution in [0.3, 0.4) is 0 Å². The molecule has 10 aromatic carbocycles. The molecular formula is C58H34N4O. The Kier molecular flexibility index (Phi) is 7.05. The van der Waals surface area contributed by atoms with E-state index >= 15 is 0 Å². The van der Waals surface area contributed by atoms with E-state index in [0.29, 0.717) is 5.82 Å². The van der Waals surface area contributed by atoms with Gasteiger partial charge >= 0.3 is 0 Å². The molecule has 0 spiro atoms. The van der Waals surface area contributed by atoms with E-state index in [2.05, 4.69) is 185 Å². The predicted molar refractivity (Wildman–Crippen MR) is 261 cm³/mol. The lowest BCUT2D eigenvalue weighted by molar-refractivity contribution is 0.669. The van der Waals surface area contributed by atoms with Gasteiger partial charge < -0.3 is 13.6 Å². The van der Waals surface area contributed by atoms with Crippen LogP contribution in [0.15, 0.2) is 211 Å². The molecule has 0 saturated heterocycles. The van der Waals surface area contributed by atoms with Gasteiger partial charge in [0.1, 0.15) is 11.2 Å². The van der Waals surface area contributed by atoms with Crippen LogP contribution in [0.2, 0.25) is 0 Å². The molecule has 5 heteroatoms. The van der Waals surface area contributed by atoms with Crippen LogP contribution in [0.25, 0.3) is 132 Å². The van der Waals surface area contributed by atoms with E-state index in [0.717, 1.165) is 72.1 Å². The van der Waals surface area contributed by atoms with Crippen molar-refractivity contribution in [3.05, 3.63) is 206 Å². The highest BCUT2D eigenvalue weighted by molar-refractivity contribution is 6.20. The molecule has 0 aliphatic carbocycles. The van der Waals surface area contributed by atoms with Crippen LogP contribution in [0.4, 0.5) is 0 Å².